The number of aromatic nitrogens is 1. The minimum absolute atomic E-state index is 0.0710. The molecule has 1 aromatic heterocycles. The molecule has 1 saturated heterocycles. The summed E-state index contributed by atoms with van der Waals surface area (Å²) in [5, 5.41) is 3.44. The summed E-state index contributed by atoms with van der Waals surface area (Å²) in [5.41, 5.74) is 1.05. The molecule has 3 rings (SSSR count). The van der Waals surface area contributed by atoms with Crippen LogP contribution in [-0.2, 0) is 6.54 Å². The lowest BCUT2D eigenvalue weighted by atomic mass is 9.90. The van der Waals surface area contributed by atoms with Crippen LogP contribution in [0.5, 0.6) is 0 Å². The topological polar surface area (TPSA) is 28.2 Å². The Labute approximate surface area is 139 Å². The third-order valence-corrected chi connectivity index (χ3v) is 5.49. The van der Waals surface area contributed by atoms with Gasteiger partial charge in [0.05, 0.1) is 5.69 Å². The fourth-order valence-electron chi connectivity index (χ4n) is 3.93. The summed E-state index contributed by atoms with van der Waals surface area (Å²) in [6, 6.07) is 6.22. The first kappa shape index (κ1) is 16.7. The lowest BCUT2D eigenvalue weighted by molar-refractivity contribution is 0.154. The van der Waals surface area contributed by atoms with Gasteiger partial charge in [-0.3, -0.25) is 4.90 Å². The van der Waals surface area contributed by atoms with Gasteiger partial charge in [-0.05, 0) is 43.2 Å². The highest BCUT2D eigenvalue weighted by atomic mass is 19.1. The Bertz CT molecular complexity index is 507. The van der Waals surface area contributed by atoms with Gasteiger partial charge in [0.15, 0.2) is 0 Å². The zero-order valence-corrected chi connectivity index (χ0v) is 14.5. The maximum Gasteiger partial charge on any atom is 0.126 e. The second kappa shape index (κ2) is 7.61. The molecule has 0 saturated carbocycles. The van der Waals surface area contributed by atoms with Gasteiger partial charge in [-0.25, -0.2) is 9.37 Å². The van der Waals surface area contributed by atoms with Crippen molar-refractivity contribution in [1.82, 2.24) is 9.88 Å². The number of halogens is 1. The van der Waals surface area contributed by atoms with E-state index in [2.05, 4.69) is 36.2 Å². The lowest BCUT2D eigenvalue weighted by Crippen LogP contribution is -2.35. The van der Waals surface area contributed by atoms with Crippen LogP contribution in [0.15, 0.2) is 18.2 Å². The number of hydrogen-bond acceptors (Lipinski definition) is 3. The fourth-order valence-corrected chi connectivity index (χ4v) is 3.93. The second-order valence-electron chi connectivity index (χ2n) is 7.60. The molecule has 0 aliphatic carbocycles. The van der Waals surface area contributed by atoms with Crippen LogP contribution in [0, 0.1) is 11.8 Å². The highest BCUT2D eigenvalue weighted by Gasteiger charge is 2.35. The summed E-state index contributed by atoms with van der Waals surface area (Å²) >= 11 is 0. The van der Waals surface area contributed by atoms with E-state index in [1.165, 1.54) is 19.3 Å². The lowest BCUT2D eigenvalue weighted by Gasteiger charge is -2.28. The van der Waals surface area contributed by atoms with E-state index in [-0.39, 0.29) is 6.04 Å². The highest BCUT2D eigenvalue weighted by molar-refractivity contribution is 5.35. The van der Waals surface area contributed by atoms with Crippen molar-refractivity contribution in [1.29, 1.82) is 0 Å². The number of nitrogens with one attached hydrogen (secondary N) is 1. The van der Waals surface area contributed by atoms with E-state index in [4.69, 9.17) is 4.98 Å². The van der Waals surface area contributed by atoms with E-state index in [9.17, 15) is 4.39 Å². The van der Waals surface area contributed by atoms with Crippen LogP contribution < -0.4 is 5.32 Å². The minimum atomic E-state index is -0.677. The van der Waals surface area contributed by atoms with E-state index in [0.717, 1.165) is 37.6 Å². The second-order valence-corrected chi connectivity index (χ2v) is 7.60. The molecule has 128 valence electrons. The Morgan fingerprint density at radius 3 is 2.83 bits per heavy atom. The Hall–Kier alpha value is -1.16. The number of pyridine rings is 1. The highest BCUT2D eigenvalue weighted by Crippen LogP contribution is 2.30. The van der Waals surface area contributed by atoms with Crippen LogP contribution in [0.4, 0.5) is 10.2 Å². The van der Waals surface area contributed by atoms with Crippen LogP contribution in [0.25, 0.3) is 0 Å². The van der Waals surface area contributed by atoms with Gasteiger partial charge in [0.25, 0.3) is 0 Å². The Balaban J connectivity index is 1.78. The van der Waals surface area contributed by atoms with E-state index >= 15 is 0 Å². The quantitative estimate of drug-likeness (QED) is 0.775. The van der Waals surface area contributed by atoms with Crippen molar-refractivity contribution in [2.45, 2.75) is 64.7 Å². The summed E-state index contributed by atoms with van der Waals surface area (Å²) in [4.78, 5) is 7.02. The maximum absolute atomic E-state index is 14.4. The van der Waals surface area contributed by atoms with Crippen LogP contribution in [-0.4, -0.2) is 35.2 Å². The van der Waals surface area contributed by atoms with Crippen molar-refractivity contribution in [2.75, 3.05) is 18.4 Å². The number of alkyl halides is 1. The van der Waals surface area contributed by atoms with E-state index in [0.29, 0.717) is 18.3 Å². The predicted octanol–water partition coefficient (Wildman–Crippen LogP) is 4.25. The molecule has 2 bridgehead atoms. The standard InChI is InChI=1S/C19H30FN3/c1-14-6-7-15(2)12-18-17(20)9-11-23(18)13-16-4-3-5-19(22-16)21-10-8-14/h3-5,14-15,17-18H,6-13H2,1-2H3,(H,21,22). The number of hydrogen-bond donors (Lipinski definition) is 1. The third-order valence-electron chi connectivity index (χ3n) is 5.49. The van der Waals surface area contributed by atoms with E-state index < -0.39 is 6.17 Å². The predicted molar refractivity (Wildman–Crippen MR) is 93.2 cm³/mol. The molecule has 4 atom stereocenters. The monoisotopic (exact) mass is 319 g/mol. The van der Waals surface area contributed by atoms with Crippen LogP contribution >= 0.6 is 0 Å². The average Bonchev–Trinajstić information content (AvgIpc) is 2.86. The third kappa shape index (κ3) is 4.43. The van der Waals surface area contributed by atoms with Crippen LogP contribution in [0.3, 0.4) is 0 Å². The first-order valence-electron chi connectivity index (χ1n) is 9.19. The zero-order valence-electron chi connectivity index (χ0n) is 14.5. The largest absolute Gasteiger partial charge is 0.370 e. The Morgan fingerprint density at radius 2 is 1.96 bits per heavy atom. The summed E-state index contributed by atoms with van der Waals surface area (Å²) in [5.74, 6) is 2.25. The van der Waals surface area contributed by atoms with E-state index in [1.807, 2.05) is 6.07 Å². The Morgan fingerprint density at radius 1 is 1.13 bits per heavy atom. The van der Waals surface area contributed by atoms with Crippen LogP contribution in [0.1, 0.15) is 51.6 Å². The number of nitrogens with zero attached hydrogens (tertiary/aromatic N) is 2. The summed E-state index contributed by atoms with van der Waals surface area (Å²) in [6.45, 7) is 7.21. The molecule has 1 fully saturated rings. The number of fused-ring (bicyclic) bond motifs is 3. The van der Waals surface area contributed by atoms with Gasteiger partial charge >= 0.3 is 0 Å². The molecular weight excluding hydrogens is 289 g/mol. The molecule has 1 aromatic rings. The molecule has 4 unspecified atom stereocenters. The SMILES string of the molecule is CC1CCNc2cccc(n2)CN2CCC(F)C2CC(C)CC1. The average molecular weight is 319 g/mol. The van der Waals surface area contributed by atoms with Crippen LogP contribution in [0.2, 0.25) is 0 Å². The molecule has 0 spiro atoms. The minimum Gasteiger partial charge on any atom is -0.370 e. The molecule has 0 radical (unpaired) electrons. The molecule has 23 heavy (non-hydrogen) atoms. The molecule has 3 heterocycles. The molecule has 0 aromatic carbocycles. The van der Waals surface area contributed by atoms with Gasteiger partial charge in [-0.15, -0.1) is 0 Å². The van der Waals surface area contributed by atoms with Gasteiger partial charge < -0.3 is 5.32 Å². The molecule has 0 amide bonds. The zero-order chi connectivity index (χ0) is 16.2. The molecule has 1 N–H and O–H groups in total. The van der Waals surface area contributed by atoms with Crippen molar-refractivity contribution < 1.29 is 4.39 Å². The molecule has 2 aliphatic heterocycles. The van der Waals surface area contributed by atoms with E-state index in [1.54, 1.807) is 0 Å². The molecule has 3 nitrogen and oxygen atoms in total. The summed E-state index contributed by atoms with van der Waals surface area (Å²) < 4.78 is 14.4. The van der Waals surface area contributed by atoms with Gasteiger partial charge in [0.2, 0.25) is 0 Å². The fraction of sp³-hybridized carbons (Fsp3) is 0.737. The first-order valence-corrected chi connectivity index (χ1v) is 9.19. The van der Waals surface area contributed by atoms with Crippen molar-refractivity contribution in [3.05, 3.63) is 23.9 Å². The van der Waals surface area contributed by atoms with Crippen molar-refractivity contribution in [3.8, 4) is 0 Å². The molecular formula is C19H30FN3. The summed E-state index contributed by atoms with van der Waals surface area (Å²) in [6.07, 6.45) is 4.59. The van der Waals surface area contributed by atoms with Crippen molar-refractivity contribution in [3.63, 3.8) is 0 Å². The van der Waals surface area contributed by atoms with Gasteiger partial charge in [0.1, 0.15) is 12.0 Å². The van der Waals surface area contributed by atoms with Crippen molar-refractivity contribution >= 4 is 5.82 Å². The Kier molecular flexibility index (Phi) is 5.52. The number of rotatable bonds is 0. The van der Waals surface area contributed by atoms with Crippen molar-refractivity contribution in [2.24, 2.45) is 11.8 Å². The van der Waals surface area contributed by atoms with Gasteiger partial charge in [-0.2, -0.15) is 0 Å². The van der Waals surface area contributed by atoms with Gasteiger partial charge in [-0.1, -0.05) is 32.8 Å². The maximum atomic E-state index is 14.4. The first-order chi connectivity index (χ1) is 11.1. The smallest absolute Gasteiger partial charge is 0.126 e. The molecule has 4 heteroatoms. The summed E-state index contributed by atoms with van der Waals surface area (Å²) in [7, 11) is 0. The number of anilines is 1. The van der Waals surface area contributed by atoms with Gasteiger partial charge in [0, 0.05) is 25.7 Å². The molecule has 2 aliphatic rings. The normalized spacial score (nSPS) is 33.5.